The van der Waals surface area contributed by atoms with E-state index < -0.39 is 17.7 Å². The Morgan fingerprint density at radius 3 is 2.58 bits per heavy atom. The SMILES string of the molecule is CC(=O)C1C2c3ccccc3OC1(C)N=c1s/c(=C\c3ccc(C(C)C)cc3)c(=O)n12. The van der Waals surface area contributed by atoms with Gasteiger partial charge >= 0.3 is 0 Å². The molecule has 1 aromatic heterocycles. The first kappa shape index (κ1) is 19.9. The van der Waals surface area contributed by atoms with Crippen molar-refractivity contribution in [1.29, 1.82) is 0 Å². The Bertz CT molecular complexity index is 1370. The van der Waals surface area contributed by atoms with Gasteiger partial charge in [0.05, 0.1) is 10.6 Å². The molecule has 2 aliphatic heterocycles. The van der Waals surface area contributed by atoms with Crippen LogP contribution in [0, 0.1) is 5.92 Å². The van der Waals surface area contributed by atoms with E-state index in [2.05, 4.69) is 26.0 Å². The van der Waals surface area contributed by atoms with Gasteiger partial charge in [0.2, 0.25) is 5.72 Å². The summed E-state index contributed by atoms with van der Waals surface area (Å²) in [7, 11) is 0. The molecule has 0 aliphatic carbocycles. The number of ketones is 1. The first-order valence-electron chi connectivity index (χ1n) is 10.5. The predicted octanol–water partition coefficient (Wildman–Crippen LogP) is 3.40. The summed E-state index contributed by atoms with van der Waals surface area (Å²) in [6.45, 7) is 7.70. The lowest BCUT2D eigenvalue weighted by Gasteiger charge is -2.45. The van der Waals surface area contributed by atoms with Gasteiger partial charge in [-0.05, 0) is 43.0 Å². The van der Waals surface area contributed by atoms with E-state index in [1.807, 2.05) is 49.4 Å². The van der Waals surface area contributed by atoms with Gasteiger partial charge < -0.3 is 4.74 Å². The maximum absolute atomic E-state index is 13.5. The van der Waals surface area contributed by atoms with Crippen LogP contribution >= 0.6 is 11.3 Å². The lowest BCUT2D eigenvalue weighted by Crippen LogP contribution is -2.58. The molecule has 0 saturated carbocycles. The molecule has 5 rings (SSSR count). The molecule has 2 aliphatic rings. The highest BCUT2D eigenvalue weighted by Gasteiger charge is 2.53. The summed E-state index contributed by atoms with van der Waals surface area (Å²) in [6, 6.07) is 15.4. The number of hydrogen-bond donors (Lipinski definition) is 0. The smallest absolute Gasteiger partial charge is 0.270 e. The number of fused-ring (bicyclic) bond motifs is 6. The lowest BCUT2D eigenvalue weighted by molar-refractivity contribution is -0.132. The summed E-state index contributed by atoms with van der Waals surface area (Å²) in [6.07, 6.45) is 1.90. The first-order chi connectivity index (χ1) is 14.8. The largest absolute Gasteiger partial charge is 0.465 e. The number of hydrogen-bond acceptors (Lipinski definition) is 5. The Hall–Kier alpha value is -2.99. The number of aromatic nitrogens is 1. The van der Waals surface area contributed by atoms with Crippen molar-refractivity contribution in [2.45, 2.75) is 45.4 Å². The molecule has 0 saturated heterocycles. The van der Waals surface area contributed by atoms with Gasteiger partial charge in [-0.15, -0.1) is 0 Å². The number of Topliss-reactive ketones (excluding diaryl/α,β-unsaturated/α-hetero) is 1. The highest BCUT2D eigenvalue weighted by atomic mass is 32.1. The van der Waals surface area contributed by atoms with Crippen LogP contribution < -0.4 is 19.6 Å². The normalized spacial score (nSPS) is 24.2. The molecule has 0 amide bonds. The van der Waals surface area contributed by atoms with Crippen LogP contribution in [0.15, 0.2) is 58.3 Å². The molecule has 5 nitrogen and oxygen atoms in total. The number of para-hydroxylation sites is 1. The van der Waals surface area contributed by atoms with Crippen molar-refractivity contribution in [3.05, 3.63) is 84.9 Å². The Morgan fingerprint density at radius 2 is 1.90 bits per heavy atom. The summed E-state index contributed by atoms with van der Waals surface area (Å²) in [5.41, 5.74) is 1.93. The van der Waals surface area contributed by atoms with Crippen molar-refractivity contribution in [2.24, 2.45) is 10.9 Å². The van der Waals surface area contributed by atoms with Crippen LogP contribution in [0.5, 0.6) is 5.75 Å². The van der Waals surface area contributed by atoms with Crippen molar-refractivity contribution in [3.63, 3.8) is 0 Å². The Morgan fingerprint density at radius 1 is 1.19 bits per heavy atom. The fourth-order valence-electron chi connectivity index (χ4n) is 4.68. The minimum atomic E-state index is -1.03. The predicted molar refractivity (Wildman–Crippen MR) is 121 cm³/mol. The van der Waals surface area contributed by atoms with E-state index in [1.165, 1.54) is 16.9 Å². The molecule has 3 heterocycles. The number of thiazole rings is 1. The molecule has 0 N–H and O–H groups in total. The van der Waals surface area contributed by atoms with Crippen LogP contribution in [-0.2, 0) is 4.79 Å². The molecule has 158 valence electrons. The molecule has 31 heavy (non-hydrogen) atoms. The third-order valence-corrected chi connectivity index (χ3v) is 7.20. The molecular formula is C25H24N2O3S. The molecule has 2 bridgehead atoms. The zero-order valence-electron chi connectivity index (χ0n) is 18.0. The average Bonchev–Trinajstić information content (AvgIpc) is 3.01. The van der Waals surface area contributed by atoms with Crippen molar-refractivity contribution in [1.82, 2.24) is 4.57 Å². The van der Waals surface area contributed by atoms with Crippen molar-refractivity contribution < 1.29 is 9.53 Å². The van der Waals surface area contributed by atoms with E-state index in [0.717, 1.165) is 11.1 Å². The zero-order chi connectivity index (χ0) is 21.9. The number of benzene rings is 2. The van der Waals surface area contributed by atoms with Crippen molar-refractivity contribution in [2.75, 3.05) is 0 Å². The minimum Gasteiger partial charge on any atom is -0.465 e. The number of carbonyl (C=O) groups is 1. The van der Waals surface area contributed by atoms with E-state index in [4.69, 9.17) is 9.73 Å². The number of rotatable bonds is 3. The molecule has 3 aromatic rings. The van der Waals surface area contributed by atoms with Gasteiger partial charge in [-0.25, -0.2) is 4.99 Å². The quantitative estimate of drug-likeness (QED) is 0.637. The van der Waals surface area contributed by atoms with E-state index in [9.17, 15) is 9.59 Å². The number of nitrogens with zero attached hydrogens (tertiary/aromatic N) is 2. The maximum Gasteiger partial charge on any atom is 0.270 e. The highest BCUT2D eigenvalue weighted by molar-refractivity contribution is 7.07. The molecule has 3 unspecified atom stereocenters. The van der Waals surface area contributed by atoms with Crippen LogP contribution in [-0.4, -0.2) is 16.1 Å². The van der Waals surface area contributed by atoms with Gasteiger partial charge in [-0.2, -0.15) is 0 Å². The Labute approximate surface area is 184 Å². The Kier molecular flexibility index (Phi) is 4.52. The van der Waals surface area contributed by atoms with Crippen LogP contribution in [0.1, 0.15) is 56.3 Å². The van der Waals surface area contributed by atoms with Gasteiger partial charge in [0.15, 0.2) is 4.80 Å². The fraction of sp³-hybridized carbons (Fsp3) is 0.320. The first-order valence-corrected chi connectivity index (χ1v) is 11.3. The standard InChI is InChI=1S/C25H24N2O3S/c1-14(2)17-11-9-16(10-12-17)13-20-23(29)27-22-18-7-5-6-8-19(18)30-25(4,21(22)15(3)28)26-24(27)31-20/h5-14,21-22H,1-4H3/b20-13-. The van der Waals surface area contributed by atoms with E-state index in [1.54, 1.807) is 11.5 Å². The van der Waals surface area contributed by atoms with Crippen LogP contribution in [0.25, 0.3) is 6.08 Å². The summed E-state index contributed by atoms with van der Waals surface area (Å²) >= 11 is 1.35. The topological polar surface area (TPSA) is 60.7 Å². The molecule has 3 atom stereocenters. The number of carbonyl (C=O) groups excluding carboxylic acids is 1. The van der Waals surface area contributed by atoms with E-state index in [-0.39, 0.29) is 11.3 Å². The van der Waals surface area contributed by atoms with Gasteiger partial charge in [0, 0.05) is 5.56 Å². The van der Waals surface area contributed by atoms with Crippen LogP contribution in [0.2, 0.25) is 0 Å². The molecular weight excluding hydrogens is 408 g/mol. The Balaban J connectivity index is 1.73. The zero-order valence-corrected chi connectivity index (χ0v) is 18.8. The van der Waals surface area contributed by atoms with Crippen LogP contribution in [0.4, 0.5) is 0 Å². The van der Waals surface area contributed by atoms with Gasteiger partial charge in [0.25, 0.3) is 5.56 Å². The molecule has 0 radical (unpaired) electrons. The molecule has 6 heteroatoms. The summed E-state index contributed by atoms with van der Waals surface area (Å²) in [5.74, 6) is 0.538. The van der Waals surface area contributed by atoms with E-state index in [0.29, 0.717) is 21.0 Å². The molecule has 2 aromatic carbocycles. The molecule has 0 spiro atoms. The highest BCUT2D eigenvalue weighted by Crippen LogP contribution is 2.47. The lowest BCUT2D eigenvalue weighted by atomic mass is 9.79. The number of ether oxygens (including phenoxy) is 1. The second-order valence-electron chi connectivity index (χ2n) is 8.73. The second-order valence-corrected chi connectivity index (χ2v) is 9.74. The van der Waals surface area contributed by atoms with Crippen molar-refractivity contribution in [3.8, 4) is 5.75 Å². The van der Waals surface area contributed by atoms with Crippen LogP contribution in [0.3, 0.4) is 0 Å². The third kappa shape index (κ3) is 3.08. The third-order valence-electron chi connectivity index (χ3n) is 6.22. The van der Waals surface area contributed by atoms with Gasteiger partial charge in [-0.1, -0.05) is 67.6 Å². The summed E-state index contributed by atoms with van der Waals surface area (Å²) in [5, 5.41) is 0. The second kappa shape index (κ2) is 7.02. The van der Waals surface area contributed by atoms with Gasteiger partial charge in [0.1, 0.15) is 17.5 Å². The fourth-order valence-corrected chi connectivity index (χ4v) is 5.78. The van der Waals surface area contributed by atoms with E-state index >= 15 is 0 Å². The van der Waals surface area contributed by atoms with Crippen molar-refractivity contribution >= 4 is 23.2 Å². The average molecular weight is 433 g/mol. The summed E-state index contributed by atoms with van der Waals surface area (Å²) in [4.78, 5) is 31.5. The van der Waals surface area contributed by atoms with Gasteiger partial charge in [-0.3, -0.25) is 14.2 Å². The summed E-state index contributed by atoms with van der Waals surface area (Å²) < 4.78 is 8.51. The minimum absolute atomic E-state index is 0.0377. The maximum atomic E-state index is 13.5. The monoisotopic (exact) mass is 432 g/mol. The molecule has 0 fully saturated rings.